The highest BCUT2D eigenvalue weighted by Gasteiger charge is 2.33. The van der Waals surface area contributed by atoms with E-state index in [1.165, 1.54) is 10.8 Å². The molecule has 5 nitrogen and oxygen atoms in total. The lowest BCUT2D eigenvalue weighted by molar-refractivity contribution is -0.139. The molecule has 0 spiro atoms. The predicted octanol–water partition coefficient (Wildman–Crippen LogP) is 2.61. The van der Waals surface area contributed by atoms with E-state index in [9.17, 15) is 9.90 Å². The van der Waals surface area contributed by atoms with Crippen LogP contribution in [0.2, 0.25) is 0 Å². The van der Waals surface area contributed by atoms with Gasteiger partial charge in [0.05, 0.1) is 6.04 Å². The molecule has 0 bridgehead atoms. The smallest absolute Gasteiger partial charge is 0.324 e. The van der Waals surface area contributed by atoms with Crippen molar-refractivity contribution < 1.29 is 9.90 Å². The topological polar surface area (TPSA) is 73.4 Å². The molecule has 5 heteroatoms. The van der Waals surface area contributed by atoms with Crippen molar-refractivity contribution in [2.24, 2.45) is 0 Å². The minimum absolute atomic E-state index is 0.312. The highest BCUT2D eigenvalue weighted by atomic mass is 16.4. The fraction of sp³-hybridized carbons (Fsp3) is 0.105. The summed E-state index contributed by atoms with van der Waals surface area (Å²) in [5.41, 5.74) is 11.5. The third kappa shape index (κ3) is 2.65. The molecule has 1 aliphatic rings. The Balaban J connectivity index is 1.64. The average molecular weight is 319 g/mol. The second-order valence-corrected chi connectivity index (χ2v) is 5.89. The summed E-state index contributed by atoms with van der Waals surface area (Å²) in [4.78, 5) is 11.3. The first kappa shape index (κ1) is 14.8. The van der Waals surface area contributed by atoms with E-state index in [0.717, 1.165) is 16.7 Å². The molecule has 24 heavy (non-hydrogen) atoms. The van der Waals surface area contributed by atoms with E-state index in [1.54, 1.807) is 0 Å². The summed E-state index contributed by atoms with van der Waals surface area (Å²) in [7, 11) is 0. The second kappa shape index (κ2) is 6.05. The number of carboxylic acids is 1. The first-order valence-electron chi connectivity index (χ1n) is 7.80. The third-order valence-electron chi connectivity index (χ3n) is 4.41. The molecule has 3 aromatic rings. The summed E-state index contributed by atoms with van der Waals surface area (Å²) in [6.07, 6.45) is 0. The van der Waals surface area contributed by atoms with E-state index < -0.39 is 12.0 Å². The molecule has 4 rings (SSSR count). The largest absolute Gasteiger partial charge is 0.480 e. The van der Waals surface area contributed by atoms with Gasteiger partial charge in [-0.15, -0.1) is 0 Å². The second-order valence-electron chi connectivity index (χ2n) is 5.89. The molecule has 0 aromatic heterocycles. The first-order chi connectivity index (χ1) is 11.7. The summed E-state index contributed by atoms with van der Waals surface area (Å²) in [6, 6.07) is 21.6. The number of hydrazine groups is 2. The van der Waals surface area contributed by atoms with Gasteiger partial charge in [0.25, 0.3) is 0 Å². The standard InChI is InChI=1S/C19H17N3O2/c23-19(24)18-17(20-22-21-18)14-8-5-13(6-9-14)16-10-7-12-3-1-2-4-15(12)11-16/h1-11,17-18,20-22H,(H,23,24). The summed E-state index contributed by atoms with van der Waals surface area (Å²) >= 11 is 0. The van der Waals surface area contributed by atoms with Gasteiger partial charge in [-0.1, -0.05) is 60.7 Å². The average Bonchev–Trinajstić information content (AvgIpc) is 3.11. The number of nitrogens with one attached hydrogen (secondary N) is 3. The molecular formula is C19H17N3O2. The van der Waals surface area contributed by atoms with Crippen LogP contribution in [0.4, 0.5) is 0 Å². The van der Waals surface area contributed by atoms with Gasteiger partial charge in [-0.3, -0.25) is 4.79 Å². The molecule has 1 heterocycles. The molecule has 3 aromatic carbocycles. The van der Waals surface area contributed by atoms with Crippen molar-refractivity contribution in [3.05, 3.63) is 72.3 Å². The molecule has 0 aliphatic carbocycles. The molecule has 1 aliphatic heterocycles. The molecule has 0 amide bonds. The summed E-state index contributed by atoms with van der Waals surface area (Å²) in [5.74, 6) is -0.892. The van der Waals surface area contributed by atoms with E-state index in [0.29, 0.717) is 0 Å². The molecule has 2 atom stereocenters. The molecule has 4 N–H and O–H groups in total. The lowest BCUT2D eigenvalue weighted by Crippen LogP contribution is -2.38. The van der Waals surface area contributed by atoms with Gasteiger partial charge in [-0.2, -0.15) is 5.53 Å². The summed E-state index contributed by atoms with van der Waals surface area (Å²) in [6.45, 7) is 0. The van der Waals surface area contributed by atoms with Crippen LogP contribution >= 0.6 is 0 Å². The number of carboxylic acid groups (broad SMARTS) is 1. The van der Waals surface area contributed by atoms with Crippen molar-refractivity contribution in [2.75, 3.05) is 0 Å². The Kier molecular flexibility index (Phi) is 3.74. The first-order valence-corrected chi connectivity index (χ1v) is 7.80. The minimum atomic E-state index is -0.892. The molecule has 0 radical (unpaired) electrons. The Morgan fingerprint density at radius 3 is 2.29 bits per heavy atom. The van der Waals surface area contributed by atoms with Gasteiger partial charge < -0.3 is 5.11 Å². The highest BCUT2D eigenvalue weighted by Crippen LogP contribution is 2.27. The number of carbonyl (C=O) groups is 1. The SMILES string of the molecule is O=C(O)C1NNNC1c1ccc(-c2ccc3ccccc3c2)cc1. The molecular weight excluding hydrogens is 302 g/mol. The van der Waals surface area contributed by atoms with Crippen LogP contribution in [0.15, 0.2) is 66.7 Å². The van der Waals surface area contributed by atoms with E-state index in [4.69, 9.17) is 0 Å². The van der Waals surface area contributed by atoms with Crippen molar-refractivity contribution >= 4 is 16.7 Å². The van der Waals surface area contributed by atoms with Crippen molar-refractivity contribution in [3.63, 3.8) is 0 Å². The van der Waals surface area contributed by atoms with E-state index in [2.05, 4.69) is 46.7 Å². The highest BCUT2D eigenvalue weighted by molar-refractivity contribution is 5.87. The Labute approximate surface area is 139 Å². The van der Waals surface area contributed by atoms with Crippen LogP contribution in [0.5, 0.6) is 0 Å². The number of hydrogen-bond acceptors (Lipinski definition) is 4. The Bertz CT molecular complexity index is 893. The maximum absolute atomic E-state index is 11.3. The van der Waals surface area contributed by atoms with Crippen LogP contribution < -0.4 is 16.4 Å². The van der Waals surface area contributed by atoms with Crippen molar-refractivity contribution in [1.82, 2.24) is 16.4 Å². The zero-order valence-corrected chi connectivity index (χ0v) is 12.9. The number of aliphatic carboxylic acids is 1. The molecule has 1 saturated heterocycles. The number of benzene rings is 3. The van der Waals surface area contributed by atoms with Gasteiger partial charge in [-0.25, -0.2) is 10.9 Å². The third-order valence-corrected chi connectivity index (χ3v) is 4.41. The van der Waals surface area contributed by atoms with Crippen molar-refractivity contribution in [3.8, 4) is 11.1 Å². The minimum Gasteiger partial charge on any atom is -0.480 e. The van der Waals surface area contributed by atoms with Crippen LogP contribution in [0.1, 0.15) is 11.6 Å². The predicted molar refractivity (Wildman–Crippen MR) is 93.0 cm³/mol. The quantitative estimate of drug-likeness (QED) is 0.597. The number of fused-ring (bicyclic) bond motifs is 1. The molecule has 1 fully saturated rings. The maximum Gasteiger partial charge on any atom is 0.324 e. The van der Waals surface area contributed by atoms with Gasteiger partial charge >= 0.3 is 5.97 Å². The Morgan fingerprint density at radius 2 is 1.54 bits per heavy atom. The zero-order valence-electron chi connectivity index (χ0n) is 12.9. The van der Waals surface area contributed by atoms with Crippen LogP contribution in [0.3, 0.4) is 0 Å². The van der Waals surface area contributed by atoms with Gasteiger partial charge in [-0.05, 0) is 33.5 Å². The monoisotopic (exact) mass is 319 g/mol. The molecule has 120 valence electrons. The Morgan fingerprint density at radius 1 is 0.833 bits per heavy atom. The fourth-order valence-electron chi connectivity index (χ4n) is 3.10. The van der Waals surface area contributed by atoms with Crippen LogP contribution in [-0.4, -0.2) is 17.1 Å². The van der Waals surface area contributed by atoms with Crippen LogP contribution in [-0.2, 0) is 4.79 Å². The lowest BCUT2D eigenvalue weighted by Gasteiger charge is -2.15. The zero-order chi connectivity index (χ0) is 16.5. The summed E-state index contributed by atoms with van der Waals surface area (Å²) in [5, 5.41) is 11.7. The van der Waals surface area contributed by atoms with Crippen molar-refractivity contribution in [1.29, 1.82) is 0 Å². The number of rotatable bonds is 3. The van der Waals surface area contributed by atoms with Crippen LogP contribution in [0.25, 0.3) is 21.9 Å². The van der Waals surface area contributed by atoms with E-state index in [1.807, 2.05) is 36.4 Å². The lowest BCUT2D eigenvalue weighted by atomic mass is 9.96. The number of hydrogen-bond donors (Lipinski definition) is 4. The van der Waals surface area contributed by atoms with E-state index >= 15 is 0 Å². The van der Waals surface area contributed by atoms with Gasteiger partial charge in [0.2, 0.25) is 0 Å². The van der Waals surface area contributed by atoms with Crippen LogP contribution in [0, 0.1) is 0 Å². The normalized spacial score (nSPS) is 20.3. The summed E-state index contributed by atoms with van der Waals surface area (Å²) < 4.78 is 0. The fourth-order valence-corrected chi connectivity index (χ4v) is 3.10. The maximum atomic E-state index is 11.3. The Hall–Kier alpha value is -2.73. The van der Waals surface area contributed by atoms with Gasteiger partial charge in [0, 0.05) is 0 Å². The van der Waals surface area contributed by atoms with Crippen molar-refractivity contribution in [2.45, 2.75) is 12.1 Å². The van der Waals surface area contributed by atoms with E-state index in [-0.39, 0.29) is 6.04 Å². The van der Waals surface area contributed by atoms with Gasteiger partial charge in [0.15, 0.2) is 0 Å². The molecule has 0 saturated carbocycles. The van der Waals surface area contributed by atoms with Gasteiger partial charge in [0.1, 0.15) is 6.04 Å². The molecule has 2 unspecified atom stereocenters.